The Hall–Kier alpha value is -1.22. The first-order chi connectivity index (χ1) is 8.56. The summed E-state index contributed by atoms with van der Waals surface area (Å²) in [5, 5.41) is 0. The van der Waals surface area contributed by atoms with Crippen LogP contribution in [0.1, 0.15) is 6.92 Å². The van der Waals surface area contributed by atoms with Gasteiger partial charge in [-0.05, 0) is 6.07 Å². The lowest BCUT2D eigenvalue weighted by Gasteiger charge is -2.20. The van der Waals surface area contributed by atoms with Gasteiger partial charge in [0.05, 0.1) is 11.5 Å². The number of sulfonamides is 1. The summed E-state index contributed by atoms with van der Waals surface area (Å²) in [6.07, 6.45) is 1.40. The van der Waals surface area contributed by atoms with Crippen molar-refractivity contribution in [2.24, 2.45) is 5.84 Å². The minimum atomic E-state index is -3.54. The molecule has 0 fully saturated rings. The molecule has 0 aliphatic rings. The number of nitrogen functional groups attached to an aromatic ring is 1. The molecule has 0 aliphatic heterocycles. The lowest BCUT2D eigenvalue weighted by molar-refractivity contribution is 0.180. The number of hydrogen-bond acceptors (Lipinski definition) is 6. The molecule has 0 bridgehead atoms. The number of anilines is 1. The summed E-state index contributed by atoms with van der Waals surface area (Å²) in [5.74, 6) is 5.51. The van der Waals surface area contributed by atoms with Crippen molar-refractivity contribution >= 4 is 15.8 Å². The van der Waals surface area contributed by atoms with Crippen LogP contribution in [0.15, 0.2) is 23.2 Å². The number of ether oxygens (including phenoxy) is 1. The molecule has 7 nitrogen and oxygen atoms in total. The van der Waals surface area contributed by atoms with Crippen LogP contribution in [-0.4, -0.2) is 44.5 Å². The molecule has 0 aromatic carbocycles. The van der Waals surface area contributed by atoms with Crippen molar-refractivity contribution in [2.75, 3.05) is 32.2 Å². The van der Waals surface area contributed by atoms with Crippen LogP contribution < -0.4 is 11.3 Å². The highest BCUT2D eigenvalue weighted by molar-refractivity contribution is 7.89. The zero-order chi connectivity index (χ0) is 13.6. The fourth-order valence-electron chi connectivity index (χ4n) is 1.44. The van der Waals surface area contributed by atoms with Gasteiger partial charge in [-0.25, -0.2) is 19.2 Å². The van der Waals surface area contributed by atoms with Gasteiger partial charge in [-0.1, -0.05) is 6.92 Å². The number of nitrogens with zero attached hydrogens (tertiary/aromatic N) is 2. The molecule has 0 spiro atoms. The largest absolute Gasteiger partial charge is 0.383 e. The molecular weight excluding hydrogens is 256 g/mol. The van der Waals surface area contributed by atoms with E-state index in [1.165, 1.54) is 29.7 Å². The molecule has 0 atom stereocenters. The zero-order valence-electron chi connectivity index (χ0n) is 10.5. The highest BCUT2D eigenvalue weighted by Gasteiger charge is 2.23. The molecule has 18 heavy (non-hydrogen) atoms. The van der Waals surface area contributed by atoms with E-state index in [2.05, 4.69) is 10.4 Å². The second-order valence-corrected chi connectivity index (χ2v) is 5.45. The minimum Gasteiger partial charge on any atom is -0.383 e. The highest BCUT2D eigenvalue weighted by atomic mass is 32.2. The predicted molar refractivity (Wildman–Crippen MR) is 68.4 cm³/mol. The first-order valence-electron chi connectivity index (χ1n) is 5.48. The van der Waals surface area contributed by atoms with E-state index < -0.39 is 10.0 Å². The van der Waals surface area contributed by atoms with Crippen molar-refractivity contribution in [1.29, 1.82) is 0 Å². The van der Waals surface area contributed by atoms with Gasteiger partial charge in [0, 0.05) is 32.5 Å². The van der Waals surface area contributed by atoms with Crippen molar-refractivity contribution < 1.29 is 13.2 Å². The molecule has 1 heterocycles. The van der Waals surface area contributed by atoms with Gasteiger partial charge in [0.15, 0.2) is 0 Å². The third kappa shape index (κ3) is 3.39. The maximum absolute atomic E-state index is 12.3. The molecule has 0 unspecified atom stereocenters. The number of rotatable bonds is 7. The maximum atomic E-state index is 12.3. The average Bonchev–Trinajstić information content (AvgIpc) is 2.39. The van der Waals surface area contributed by atoms with E-state index in [-0.39, 0.29) is 4.90 Å². The number of methoxy groups -OCH3 is 1. The van der Waals surface area contributed by atoms with Crippen molar-refractivity contribution in [2.45, 2.75) is 11.8 Å². The SMILES string of the molecule is CCN(CCOC)S(=O)(=O)c1ccnc(NN)c1. The van der Waals surface area contributed by atoms with Crippen molar-refractivity contribution in [1.82, 2.24) is 9.29 Å². The van der Waals surface area contributed by atoms with E-state index in [0.29, 0.717) is 25.5 Å². The minimum absolute atomic E-state index is 0.156. The predicted octanol–water partition coefficient (Wildman–Crippen LogP) is 0.0242. The fourth-order valence-corrected chi connectivity index (χ4v) is 2.89. The molecule has 0 amide bonds. The highest BCUT2D eigenvalue weighted by Crippen LogP contribution is 2.17. The number of hydrogen-bond donors (Lipinski definition) is 2. The summed E-state index contributed by atoms with van der Waals surface area (Å²) in [4.78, 5) is 4.03. The second-order valence-electron chi connectivity index (χ2n) is 3.51. The van der Waals surface area contributed by atoms with Crippen LogP contribution in [0.4, 0.5) is 5.82 Å². The van der Waals surface area contributed by atoms with Gasteiger partial charge in [-0.2, -0.15) is 4.31 Å². The topological polar surface area (TPSA) is 97.5 Å². The fraction of sp³-hybridized carbons (Fsp3) is 0.500. The summed E-state index contributed by atoms with van der Waals surface area (Å²) < 4.78 is 30.9. The Morgan fingerprint density at radius 1 is 1.56 bits per heavy atom. The molecule has 1 rings (SSSR count). The molecule has 0 saturated heterocycles. The van der Waals surface area contributed by atoms with Crippen molar-refractivity contribution in [3.8, 4) is 0 Å². The Balaban J connectivity index is 3.02. The number of likely N-dealkylation sites (N-methyl/N-ethyl adjacent to an activating group) is 1. The first kappa shape index (κ1) is 14.8. The normalized spacial score (nSPS) is 11.8. The molecule has 0 saturated carbocycles. The van der Waals surface area contributed by atoms with Crippen LogP contribution in [0.3, 0.4) is 0 Å². The maximum Gasteiger partial charge on any atom is 0.243 e. The number of aromatic nitrogens is 1. The molecule has 8 heteroatoms. The molecule has 1 aromatic rings. The van der Waals surface area contributed by atoms with E-state index in [1.54, 1.807) is 6.92 Å². The summed E-state index contributed by atoms with van der Waals surface area (Å²) >= 11 is 0. The van der Waals surface area contributed by atoms with Gasteiger partial charge < -0.3 is 10.2 Å². The summed E-state index contributed by atoms with van der Waals surface area (Å²) in [5.41, 5.74) is 2.32. The summed E-state index contributed by atoms with van der Waals surface area (Å²) in [6.45, 7) is 2.80. The van der Waals surface area contributed by atoms with Gasteiger partial charge in [0.2, 0.25) is 10.0 Å². The number of nitrogens with one attached hydrogen (secondary N) is 1. The van der Waals surface area contributed by atoms with E-state index in [0.717, 1.165) is 0 Å². The zero-order valence-corrected chi connectivity index (χ0v) is 11.3. The van der Waals surface area contributed by atoms with Crippen LogP contribution in [0.5, 0.6) is 0 Å². The summed E-state index contributed by atoms with van der Waals surface area (Å²) in [6, 6.07) is 2.83. The second kappa shape index (κ2) is 6.64. The monoisotopic (exact) mass is 274 g/mol. The Morgan fingerprint density at radius 3 is 2.83 bits per heavy atom. The van der Waals surface area contributed by atoms with Gasteiger partial charge in [0.1, 0.15) is 5.82 Å². The van der Waals surface area contributed by atoms with E-state index in [4.69, 9.17) is 10.6 Å². The smallest absolute Gasteiger partial charge is 0.243 e. The number of pyridine rings is 1. The van der Waals surface area contributed by atoms with E-state index in [9.17, 15) is 8.42 Å². The molecule has 102 valence electrons. The third-order valence-electron chi connectivity index (χ3n) is 2.41. The number of nitrogens with two attached hydrogens (primary N) is 1. The van der Waals surface area contributed by atoms with Crippen LogP contribution in [0, 0.1) is 0 Å². The van der Waals surface area contributed by atoms with Crippen LogP contribution in [0.2, 0.25) is 0 Å². The Kier molecular flexibility index (Phi) is 5.48. The van der Waals surface area contributed by atoms with Gasteiger partial charge >= 0.3 is 0 Å². The van der Waals surface area contributed by atoms with E-state index in [1.807, 2.05) is 0 Å². The van der Waals surface area contributed by atoms with Gasteiger partial charge in [0.25, 0.3) is 0 Å². The first-order valence-corrected chi connectivity index (χ1v) is 6.92. The Labute approximate surface area is 107 Å². The van der Waals surface area contributed by atoms with Crippen molar-refractivity contribution in [3.05, 3.63) is 18.3 Å². The average molecular weight is 274 g/mol. The third-order valence-corrected chi connectivity index (χ3v) is 4.38. The lowest BCUT2D eigenvalue weighted by Crippen LogP contribution is -2.33. The van der Waals surface area contributed by atoms with E-state index >= 15 is 0 Å². The molecule has 0 aliphatic carbocycles. The molecule has 0 radical (unpaired) electrons. The van der Waals surface area contributed by atoms with Gasteiger partial charge in [-0.3, -0.25) is 0 Å². The quantitative estimate of drug-likeness (QED) is 0.537. The molecule has 3 N–H and O–H groups in total. The van der Waals surface area contributed by atoms with Crippen LogP contribution in [0.25, 0.3) is 0 Å². The summed E-state index contributed by atoms with van der Waals surface area (Å²) in [7, 11) is -2.01. The Bertz CT molecular complexity index is 478. The van der Waals surface area contributed by atoms with Crippen LogP contribution in [-0.2, 0) is 14.8 Å². The van der Waals surface area contributed by atoms with Gasteiger partial charge in [-0.15, -0.1) is 0 Å². The standard InChI is InChI=1S/C10H18N4O3S/c1-3-14(6-7-17-2)18(15,16)9-4-5-12-10(8-9)13-11/h4-5,8H,3,6-7,11H2,1-2H3,(H,12,13). The van der Waals surface area contributed by atoms with Crippen LogP contribution >= 0.6 is 0 Å². The lowest BCUT2D eigenvalue weighted by atomic mass is 10.5. The molecule has 1 aromatic heterocycles. The number of hydrazine groups is 1. The van der Waals surface area contributed by atoms with Crippen molar-refractivity contribution in [3.63, 3.8) is 0 Å². The Morgan fingerprint density at radius 2 is 2.28 bits per heavy atom. The molecular formula is C10H18N4O3S.